The van der Waals surface area contributed by atoms with E-state index in [4.69, 9.17) is 4.74 Å². The van der Waals surface area contributed by atoms with Crippen LogP contribution in [0.1, 0.15) is 25.0 Å². The predicted molar refractivity (Wildman–Crippen MR) is 104 cm³/mol. The first-order valence-corrected chi connectivity index (χ1v) is 9.11. The zero-order chi connectivity index (χ0) is 17.6. The van der Waals surface area contributed by atoms with E-state index >= 15 is 0 Å². The summed E-state index contributed by atoms with van der Waals surface area (Å²) in [5, 5.41) is 3.42. The van der Waals surface area contributed by atoms with E-state index in [1.807, 2.05) is 49.4 Å². The van der Waals surface area contributed by atoms with Crippen LogP contribution in [0.4, 0.5) is 5.69 Å². The minimum atomic E-state index is -0.122. The molecule has 1 fully saturated rings. The molecule has 2 aromatic rings. The molecule has 0 bridgehead atoms. The van der Waals surface area contributed by atoms with Crippen molar-refractivity contribution >= 4 is 34.6 Å². The van der Waals surface area contributed by atoms with Gasteiger partial charge in [0.2, 0.25) is 0 Å². The number of aryl methyl sites for hydroxylation is 1. The van der Waals surface area contributed by atoms with E-state index in [0.29, 0.717) is 16.7 Å². The van der Waals surface area contributed by atoms with E-state index < -0.39 is 0 Å². The second kappa shape index (κ2) is 8.03. The highest BCUT2D eigenvalue weighted by Gasteiger charge is 2.23. The molecular weight excluding hydrogens is 332 g/mol. The lowest BCUT2D eigenvalue weighted by Crippen LogP contribution is -2.19. The van der Waals surface area contributed by atoms with Gasteiger partial charge in [-0.3, -0.25) is 4.79 Å². The van der Waals surface area contributed by atoms with Crippen molar-refractivity contribution in [2.75, 3.05) is 6.61 Å². The van der Waals surface area contributed by atoms with Crippen LogP contribution >= 0.6 is 11.8 Å². The van der Waals surface area contributed by atoms with Crippen LogP contribution in [0.25, 0.3) is 6.08 Å². The average Bonchev–Trinajstić information content (AvgIpc) is 2.96. The van der Waals surface area contributed by atoms with Gasteiger partial charge in [0, 0.05) is 0 Å². The zero-order valence-electron chi connectivity index (χ0n) is 14.3. The Hall–Kier alpha value is -2.53. The molecule has 25 heavy (non-hydrogen) atoms. The summed E-state index contributed by atoms with van der Waals surface area (Å²) in [6.45, 7) is 4.70. The molecule has 1 heterocycles. The van der Waals surface area contributed by atoms with Gasteiger partial charge < -0.3 is 10.1 Å². The average molecular weight is 352 g/mol. The van der Waals surface area contributed by atoms with Gasteiger partial charge >= 0.3 is 0 Å². The number of nitrogens with zero attached hydrogens (tertiary/aromatic N) is 1. The molecule has 128 valence electrons. The summed E-state index contributed by atoms with van der Waals surface area (Å²) in [6.07, 6.45) is 2.86. The largest absolute Gasteiger partial charge is 0.494 e. The summed E-state index contributed by atoms with van der Waals surface area (Å²) in [5.74, 6) is 0.703. The molecule has 0 aromatic heterocycles. The molecule has 5 heteroatoms. The first-order chi connectivity index (χ1) is 12.2. The van der Waals surface area contributed by atoms with Gasteiger partial charge in [-0.1, -0.05) is 31.2 Å². The highest BCUT2D eigenvalue weighted by Crippen LogP contribution is 2.28. The number of amides is 1. The van der Waals surface area contributed by atoms with E-state index in [2.05, 4.69) is 29.4 Å². The lowest BCUT2D eigenvalue weighted by Gasteiger charge is -2.02. The Balaban J connectivity index is 1.73. The Kier molecular flexibility index (Phi) is 5.56. The number of nitrogens with one attached hydrogen (secondary N) is 1. The van der Waals surface area contributed by atoms with Gasteiger partial charge in [-0.25, -0.2) is 4.99 Å². The second-order valence-electron chi connectivity index (χ2n) is 5.50. The fraction of sp³-hybridized carbons (Fsp3) is 0.200. The monoisotopic (exact) mass is 352 g/mol. The molecule has 1 amide bonds. The summed E-state index contributed by atoms with van der Waals surface area (Å²) in [4.78, 5) is 17.3. The number of hydrogen-bond donors (Lipinski definition) is 1. The topological polar surface area (TPSA) is 50.7 Å². The van der Waals surface area contributed by atoms with E-state index in [0.717, 1.165) is 23.4 Å². The number of hydrogen-bond acceptors (Lipinski definition) is 4. The van der Waals surface area contributed by atoms with Crippen LogP contribution in [0.3, 0.4) is 0 Å². The molecule has 0 atom stereocenters. The van der Waals surface area contributed by atoms with Crippen molar-refractivity contribution in [2.24, 2.45) is 4.99 Å². The van der Waals surface area contributed by atoms with Crippen LogP contribution in [0.5, 0.6) is 5.75 Å². The van der Waals surface area contributed by atoms with Gasteiger partial charge in [0.15, 0.2) is 5.17 Å². The van der Waals surface area contributed by atoms with Gasteiger partial charge in [-0.2, -0.15) is 0 Å². The molecule has 1 aliphatic rings. The number of carbonyl (C=O) groups excluding carboxylic acids is 1. The summed E-state index contributed by atoms with van der Waals surface area (Å²) >= 11 is 1.35. The van der Waals surface area contributed by atoms with E-state index in [1.165, 1.54) is 17.3 Å². The molecule has 2 aromatic carbocycles. The lowest BCUT2D eigenvalue weighted by atomic mass is 10.2. The van der Waals surface area contributed by atoms with Crippen LogP contribution in [-0.2, 0) is 11.2 Å². The van der Waals surface area contributed by atoms with Crippen molar-refractivity contribution in [1.29, 1.82) is 0 Å². The summed E-state index contributed by atoms with van der Waals surface area (Å²) in [6, 6.07) is 15.7. The van der Waals surface area contributed by atoms with Crippen molar-refractivity contribution in [3.63, 3.8) is 0 Å². The van der Waals surface area contributed by atoms with Crippen molar-refractivity contribution in [3.8, 4) is 5.75 Å². The summed E-state index contributed by atoms with van der Waals surface area (Å²) < 4.78 is 5.43. The van der Waals surface area contributed by atoms with E-state index in [1.54, 1.807) is 0 Å². The smallest absolute Gasteiger partial charge is 0.264 e. The van der Waals surface area contributed by atoms with Gasteiger partial charge in [0.1, 0.15) is 5.75 Å². The van der Waals surface area contributed by atoms with Crippen molar-refractivity contribution in [1.82, 2.24) is 5.32 Å². The van der Waals surface area contributed by atoms with Gasteiger partial charge in [0.25, 0.3) is 5.91 Å². The Morgan fingerprint density at radius 3 is 2.44 bits per heavy atom. The molecule has 0 unspecified atom stereocenters. The molecule has 0 spiro atoms. The van der Waals surface area contributed by atoms with E-state index in [9.17, 15) is 4.79 Å². The lowest BCUT2D eigenvalue weighted by molar-refractivity contribution is -0.115. The summed E-state index contributed by atoms with van der Waals surface area (Å²) in [5.41, 5.74) is 3.06. The second-order valence-corrected chi connectivity index (χ2v) is 6.53. The Morgan fingerprint density at radius 2 is 1.80 bits per heavy atom. The van der Waals surface area contributed by atoms with Crippen molar-refractivity contribution < 1.29 is 9.53 Å². The standard InChI is InChI=1S/C20H20N2O2S/c1-3-14-5-9-16(10-6-14)21-20-22-19(23)18(25-20)13-15-7-11-17(12-8-15)24-4-2/h5-13H,3-4H2,1-2H3,(H,21,22,23). The Labute approximate surface area is 152 Å². The molecule has 4 nitrogen and oxygen atoms in total. The molecule has 1 N–H and O–H groups in total. The highest BCUT2D eigenvalue weighted by molar-refractivity contribution is 8.18. The normalized spacial score (nSPS) is 17.1. The Morgan fingerprint density at radius 1 is 1.08 bits per heavy atom. The minimum Gasteiger partial charge on any atom is -0.494 e. The molecule has 1 saturated heterocycles. The van der Waals surface area contributed by atoms with Crippen LogP contribution < -0.4 is 10.1 Å². The quantitative estimate of drug-likeness (QED) is 0.804. The first kappa shape index (κ1) is 17.3. The maximum atomic E-state index is 12.1. The van der Waals surface area contributed by atoms with Crippen molar-refractivity contribution in [2.45, 2.75) is 20.3 Å². The number of thioether (sulfide) groups is 1. The number of rotatable bonds is 5. The van der Waals surface area contributed by atoms with Crippen LogP contribution in [0.2, 0.25) is 0 Å². The third-order valence-electron chi connectivity index (χ3n) is 3.71. The number of amidine groups is 1. The van der Waals surface area contributed by atoms with Gasteiger partial charge in [-0.15, -0.1) is 0 Å². The van der Waals surface area contributed by atoms with Crippen molar-refractivity contribution in [3.05, 3.63) is 64.6 Å². The number of ether oxygens (including phenoxy) is 1. The fourth-order valence-corrected chi connectivity index (χ4v) is 3.22. The third-order valence-corrected chi connectivity index (χ3v) is 4.62. The van der Waals surface area contributed by atoms with Crippen LogP contribution in [0, 0.1) is 0 Å². The minimum absolute atomic E-state index is 0.122. The van der Waals surface area contributed by atoms with Crippen LogP contribution in [-0.4, -0.2) is 17.7 Å². The number of carbonyl (C=O) groups is 1. The fourth-order valence-electron chi connectivity index (χ4n) is 2.38. The van der Waals surface area contributed by atoms with Crippen LogP contribution in [0.15, 0.2) is 58.4 Å². The van der Waals surface area contributed by atoms with E-state index in [-0.39, 0.29) is 5.91 Å². The molecule has 0 aliphatic carbocycles. The Bertz CT molecular complexity index is 809. The molecule has 0 saturated carbocycles. The molecule has 0 radical (unpaired) electrons. The van der Waals surface area contributed by atoms with Gasteiger partial charge in [-0.05, 0) is 66.6 Å². The molecular formula is C20H20N2O2S. The summed E-state index contributed by atoms with van der Waals surface area (Å²) in [7, 11) is 0. The molecule has 1 aliphatic heterocycles. The maximum absolute atomic E-state index is 12.1. The highest BCUT2D eigenvalue weighted by atomic mass is 32.2. The third kappa shape index (κ3) is 4.51. The number of aliphatic imine (C=N–C) groups is 1. The predicted octanol–water partition coefficient (Wildman–Crippen LogP) is 4.54. The molecule has 3 rings (SSSR count). The first-order valence-electron chi connectivity index (χ1n) is 8.29. The number of benzene rings is 2. The zero-order valence-corrected chi connectivity index (χ0v) is 15.1. The maximum Gasteiger partial charge on any atom is 0.264 e. The SMILES string of the molecule is CCOc1ccc(C=C2SC(=Nc3ccc(CC)cc3)NC2=O)cc1. The van der Waals surface area contributed by atoms with Gasteiger partial charge in [0.05, 0.1) is 17.2 Å².